The maximum atomic E-state index is 6.18. The van der Waals surface area contributed by atoms with Crippen LogP contribution in [0.1, 0.15) is 30.5 Å². The SMILES string of the molecule is CCCNC(Cc1cccc(Br)c1)c1cc(Cl)ccc1I. The van der Waals surface area contributed by atoms with Crippen LogP contribution in [0.5, 0.6) is 0 Å². The molecule has 0 radical (unpaired) electrons. The molecule has 4 heteroatoms. The van der Waals surface area contributed by atoms with E-state index in [1.807, 2.05) is 6.07 Å². The number of hydrogen-bond donors (Lipinski definition) is 1. The van der Waals surface area contributed by atoms with Gasteiger partial charge in [-0.3, -0.25) is 0 Å². The summed E-state index contributed by atoms with van der Waals surface area (Å²) in [5.74, 6) is 0. The predicted octanol–water partition coefficient (Wildman–Crippen LogP) is 5.99. The van der Waals surface area contributed by atoms with Gasteiger partial charge in [0.05, 0.1) is 0 Å². The van der Waals surface area contributed by atoms with Gasteiger partial charge in [-0.25, -0.2) is 0 Å². The first kappa shape index (κ1) is 17.3. The van der Waals surface area contributed by atoms with Crippen molar-refractivity contribution < 1.29 is 0 Å². The van der Waals surface area contributed by atoms with Crippen LogP contribution in [0.15, 0.2) is 46.9 Å². The molecule has 1 atom stereocenters. The van der Waals surface area contributed by atoms with Gasteiger partial charge in [0, 0.05) is 19.1 Å². The number of benzene rings is 2. The molecule has 0 fully saturated rings. The summed E-state index contributed by atoms with van der Waals surface area (Å²) in [7, 11) is 0. The fourth-order valence-electron chi connectivity index (χ4n) is 2.29. The zero-order valence-electron chi connectivity index (χ0n) is 11.9. The predicted molar refractivity (Wildman–Crippen MR) is 103 cm³/mol. The molecule has 1 N–H and O–H groups in total. The van der Waals surface area contributed by atoms with Gasteiger partial charge in [0.2, 0.25) is 0 Å². The van der Waals surface area contributed by atoms with Crippen LogP contribution < -0.4 is 5.32 Å². The highest BCUT2D eigenvalue weighted by Crippen LogP contribution is 2.27. The van der Waals surface area contributed by atoms with Crippen molar-refractivity contribution in [1.82, 2.24) is 5.32 Å². The van der Waals surface area contributed by atoms with Gasteiger partial charge in [0.25, 0.3) is 0 Å². The molecular weight excluding hydrogens is 460 g/mol. The number of rotatable bonds is 6. The van der Waals surface area contributed by atoms with Crippen LogP contribution in [0, 0.1) is 3.57 Å². The summed E-state index contributed by atoms with van der Waals surface area (Å²) in [5.41, 5.74) is 2.59. The molecule has 1 nitrogen and oxygen atoms in total. The van der Waals surface area contributed by atoms with E-state index in [2.05, 4.69) is 87.2 Å². The van der Waals surface area contributed by atoms with Gasteiger partial charge in [-0.05, 0) is 83.4 Å². The van der Waals surface area contributed by atoms with E-state index in [0.717, 1.165) is 28.9 Å². The molecule has 1 unspecified atom stereocenters. The monoisotopic (exact) mass is 477 g/mol. The van der Waals surface area contributed by atoms with Crippen molar-refractivity contribution in [1.29, 1.82) is 0 Å². The van der Waals surface area contributed by atoms with Crippen LogP contribution in [-0.2, 0) is 6.42 Å². The molecule has 0 bridgehead atoms. The first-order valence-corrected chi connectivity index (χ1v) is 9.28. The van der Waals surface area contributed by atoms with E-state index >= 15 is 0 Å². The van der Waals surface area contributed by atoms with Crippen LogP contribution >= 0.6 is 50.1 Å². The normalized spacial score (nSPS) is 12.4. The third kappa shape index (κ3) is 5.23. The Kier molecular flexibility index (Phi) is 6.99. The summed E-state index contributed by atoms with van der Waals surface area (Å²) >= 11 is 12.1. The molecule has 0 spiro atoms. The van der Waals surface area contributed by atoms with Gasteiger partial charge in [-0.1, -0.05) is 46.6 Å². The number of halogens is 3. The Labute approximate surface area is 153 Å². The summed E-state index contributed by atoms with van der Waals surface area (Å²) in [4.78, 5) is 0. The third-order valence-electron chi connectivity index (χ3n) is 3.30. The van der Waals surface area contributed by atoms with E-state index in [0.29, 0.717) is 0 Å². The smallest absolute Gasteiger partial charge is 0.0410 e. The van der Waals surface area contributed by atoms with Crippen molar-refractivity contribution in [3.63, 3.8) is 0 Å². The zero-order valence-corrected chi connectivity index (χ0v) is 16.4. The second-order valence-corrected chi connectivity index (χ2v) is 7.52. The Morgan fingerprint density at radius 3 is 2.76 bits per heavy atom. The molecule has 0 saturated carbocycles. The van der Waals surface area contributed by atoms with Crippen molar-refractivity contribution in [3.05, 3.63) is 66.7 Å². The highest BCUT2D eigenvalue weighted by molar-refractivity contribution is 14.1. The standard InChI is InChI=1S/C17H18BrClIN/c1-2-8-21-17(10-12-4-3-5-13(18)9-12)15-11-14(19)6-7-16(15)20/h3-7,9,11,17,21H,2,8,10H2,1H3. The van der Waals surface area contributed by atoms with Gasteiger partial charge < -0.3 is 5.32 Å². The number of nitrogens with one attached hydrogen (secondary N) is 1. The lowest BCUT2D eigenvalue weighted by Gasteiger charge is -2.21. The average molecular weight is 479 g/mol. The summed E-state index contributed by atoms with van der Waals surface area (Å²) in [6.45, 7) is 3.19. The molecule has 0 amide bonds. The molecule has 0 saturated heterocycles. The fraction of sp³-hybridized carbons (Fsp3) is 0.294. The van der Waals surface area contributed by atoms with Gasteiger partial charge in [0.1, 0.15) is 0 Å². The minimum Gasteiger partial charge on any atom is -0.310 e. The lowest BCUT2D eigenvalue weighted by molar-refractivity contribution is 0.527. The largest absolute Gasteiger partial charge is 0.310 e. The molecule has 0 aliphatic heterocycles. The fourth-order valence-corrected chi connectivity index (χ4v) is 3.63. The number of hydrogen-bond acceptors (Lipinski definition) is 1. The summed E-state index contributed by atoms with van der Waals surface area (Å²) in [5, 5.41) is 4.44. The summed E-state index contributed by atoms with van der Waals surface area (Å²) in [6.07, 6.45) is 2.07. The molecule has 0 aromatic heterocycles. The van der Waals surface area contributed by atoms with Crippen molar-refractivity contribution >= 4 is 50.1 Å². The van der Waals surface area contributed by atoms with Gasteiger partial charge in [-0.15, -0.1) is 0 Å². The average Bonchev–Trinajstić information content (AvgIpc) is 2.46. The van der Waals surface area contributed by atoms with Crippen LogP contribution in [-0.4, -0.2) is 6.54 Å². The lowest BCUT2D eigenvalue weighted by Crippen LogP contribution is -2.25. The molecule has 2 aromatic rings. The summed E-state index contributed by atoms with van der Waals surface area (Å²) in [6, 6.07) is 14.9. The van der Waals surface area contributed by atoms with Crippen molar-refractivity contribution in [2.45, 2.75) is 25.8 Å². The second kappa shape index (κ2) is 8.51. The van der Waals surface area contributed by atoms with Crippen LogP contribution in [0.25, 0.3) is 0 Å². The van der Waals surface area contributed by atoms with Gasteiger partial charge in [-0.2, -0.15) is 0 Å². The Hall–Kier alpha value is -0.100. The van der Waals surface area contributed by atoms with Gasteiger partial charge in [0.15, 0.2) is 0 Å². The molecule has 0 heterocycles. The Morgan fingerprint density at radius 2 is 2.05 bits per heavy atom. The van der Waals surface area contributed by atoms with E-state index in [4.69, 9.17) is 11.6 Å². The molecule has 0 aliphatic carbocycles. The van der Waals surface area contributed by atoms with Crippen molar-refractivity contribution in [2.24, 2.45) is 0 Å². The summed E-state index contributed by atoms with van der Waals surface area (Å²) < 4.78 is 2.37. The first-order valence-electron chi connectivity index (χ1n) is 7.03. The van der Waals surface area contributed by atoms with E-state index in [1.54, 1.807) is 0 Å². The van der Waals surface area contributed by atoms with Crippen molar-refractivity contribution in [3.8, 4) is 0 Å². The molecule has 2 aromatic carbocycles. The van der Waals surface area contributed by atoms with Crippen molar-refractivity contribution in [2.75, 3.05) is 6.54 Å². The quantitative estimate of drug-likeness (QED) is 0.503. The maximum Gasteiger partial charge on any atom is 0.0410 e. The molecule has 112 valence electrons. The van der Waals surface area contributed by atoms with E-state index in [1.165, 1.54) is 14.7 Å². The highest BCUT2D eigenvalue weighted by Gasteiger charge is 2.15. The van der Waals surface area contributed by atoms with E-state index in [9.17, 15) is 0 Å². The third-order valence-corrected chi connectivity index (χ3v) is 5.01. The molecular formula is C17H18BrClIN. The minimum absolute atomic E-state index is 0.282. The van der Waals surface area contributed by atoms with Gasteiger partial charge >= 0.3 is 0 Å². The van der Waals surface area contributed by atoms with Crippen LogP contribution in [0.4, 0.5) is 0 Å². The Morgan fingerprint density at radius 1 is 1.24 bits per heavy atom. The topological polar surface area (TPSA) is 12.0 Å². The zero-order chi connectivity index (χ0) is 15.2. The minimum atomic E-state index is 0.282. The highest BCUT2D eigenvalue weighted by atomic mass is 127. The molecule has 0 aliphatic rings. The second-order valence-electron chi connectivity index (χ2n) is 5.01. The molecule has 2 rings (SSSR count). The first-order chi connectivity index (χ1) is 10.1. The molecule has 21 heavy (non-hydrogen) atoms. The van der Waals surface area contributed by atoms with Crippen LogP contribution in [0.2, 0.25) is 5.02 Å². The van der Waals surface area contributed by atoms with E-state index in [-0.39, 0.29) is 6.04 Å². The lowest BCUT2D eigenvalue weighted by atomic mass is 9.99. The van der Waals surface area contributed by atoms with Crippen LogP contribution in [0.3, 0.4) is 0 Å². The van der Waals surface area contributed by atoms with E-state index < -0.39 is 0 Å². The Balaban J connectivity index is 2.27. The Bertz CT molecular complexity index is 603. The maximum absolute atomic E-state index is 6.18.